The number of nitrogens with one attached hydrogen (secondary N) is 3. The fourth-order valence-electron chi connectivity index (χ4n) is 3.87. The zero-order valence-electron chi connectivity index (χ0n) is 15.9. The molecule has 0 spiro atoms. The van der Waals surface area contributed by atoms with Gasteiger partial charge in [0.25, 0.3) is 0 Å². The molecule has 3 heterocycles. The number of aromatic amines is 3. The molecule has 0 atom stereocenters. The maximum atomic E-state index is 4.54. The van der Waals surface area contributed by atoms with Gasteiger partial charge in [0.1, 0.15) is 0 Å². The highest BCUT2D eigenvalue weighted by atomic mass is 15.1. The SMILES string of the molecule is CCc1c[nH]c(Cc2cc(Cc3[nH]cc(CC)c3CC)[nH]n2)c1CC. The average Bonchev–Trinajstić information content (AvgIpc) is 3.33. The van der Waals surface area contributed by atoms with Crippen molar-refractivity contribution in [3.8, 4) is 0 Å². The van der Waals surface area contributed by atoms with Crippen molar-refractivity contribution < 1.29 is 0 Å². The van der Waals surface area contributed by atoms with E-state index in [0.29, 0.717) is 0 Å². The highest BCUT2D eigenvalue weighted by Gasteiger charge is 2.13. The summed E-state index contributed by atoms with van der Waals surface area (Å²) < 4.78 is 0. The Kier molecular flexibility index (Phi) is 5.47. The molecule has 0 aliphatic carbocycles. The van der Waals surface area contributed by atoms with E-state index >= 15 is 0 Å². The van der Waals surface area contributed by atoms with Gasteiger partial charge in [0, 0.05) is 42.3 Å². The lowest BCUT2D eigenvalue weighted by Gasteiger charge is -2.03. The Hall–Kier alpha value is -2.23. The van der Waals surface area contributed by atoms with E-state index in [4.69, 9.17) is 0 Å². The summed E-state index contributed by atoms with van der Waals surface area (Å²) in [5, 5.41) is 7.77. The molecule has 0 radical (unpaired) electrons. The van der Waals surface area contributed by atoms with Crippen LogP contribution in [0.25, 0.3) is 0 Å². The Morgan fingerprint density at radius 2 is 1.32 bits per heavy atom. The molecule has 0 bridgehead atoms. The molecule has 4 nitrogen and oxygen atoms in total. The normalized spacial score (nSPS) is 11.4. The van der Waals surface area contributed by atoms with Crippen LogP contribution in [0.2, 0.25) is 0 Å². The van der Waals surface area contributed by atoms with Gasteiger partial charge in [-0.2, -0.15) is 5.10 Å². The Morgan fingerprint density at radius 1 is 0.760 bits per heavy atom. The molecule has 0 fully saturated rings. The first-order valence-corrected chi connectivity index (χ1v) is 9.59. The van der Waals surface area contributed by atoms with Crippen molar-refractivity contribution >= 4 is 0 Å². The van der Waals surface area contributed by atoms with Crippen molar-refractivity contribution in [1.29, 1.82) is 0 Å². The molecule has 134 valence electrons. The van der Waals surface area contributed by atoms with Crippen LogP contribution in [0.5, 0.6) is 0 Å². The quantitative estimate of drug-likeness (QED) is 0.556. The second kappa shape index (κ2) is 7.77. The van der Waals surface area contributed by atoms with E-state index in [0.717, 1.165) is 44.2 Å². The molecule has 0 aromatic carbocycles. The Balaban J connectivity index is 1.75. The molecule has 0 saturated carbocycles. The summed E-state index contributed by atoms with van der Waals surface area (Å²) in [7, 11) is 0. The molecule has 3 N–H and O–H groups in total. The van der Waals surface area contributed by atoms with Gasteiger partial charge in [-0.3, -0.25) is 5.10 Å². The molecule has 0 unspecified atom stereocenters. The van der Waals surface area contributed by atoms with Gasteiger partial charge in [0.15, 0.2) is 0 Å². The summed E-state index contributed by atoms with van der Waals surface area (Å²) in [6.45, 7) is 8.88. The first-order valence-electron chi connectivity index (χ1n) is 9.59. The van der Waals surface area contributed by atoms with Crippen molar-refractivity contribution in [3.05, 3.63) is 63.5 Å². The molecule has 25 heavy (non-hydrogen) atoms. The number of H-pyrrole nitrogens is 3. The zero-order chi connectivity index (χ0) is 17.8. The summed E-state index contributed by atoms with van der Waals surface area (Å²) in [6.07, 6.45) is 10.4. The van der Waals surface area contributed by atoms with Crippen molar-refractivity contribution in [3.63, 3.8) is 0 Å². The third-order valence-electron chi connectivity index (χ3n) is 5.22. The standard InChI is InChI=1S/C21H30N4/c1-5-14-12-22-20(18(14)7-3)10-16-9-17(25-24-16)11-21-19(8-4)15(6-2)13-23-21/h9,12-13,22-23H,5-8,10-11H2,1-4H3,(H,24,25). The van der Waals surface area contributed by atoms with Crippen LogP contribution < -0.4 is 0 Å². The number of nitrogens with zero attached hydrogens (tertiary/aromatic N) is 1. The van der Waals surface area contributed by atoms with Gasteiger partial charge >= 0.3 is 0 Å². The average molecular weight is 338 g/mol. The second-order valence-corrected chi connectivity index (χ2v) is 6.69. The predicted molar refractivity (Wildman–Crippen MR) is 103 cm³/mol. The molecule has 0 saturated heterocycles. The molecule has 0 aliphatic heterocycles. The third kappa shape index (κ3) is 3.58. The largest absolute Gasteiger partial charge is 0.364 e. The monoisotopic (exact) mass is 338 g/mol. The number of aryl methyl sites for hydroxylation is 2. The summed E-state index contributed by atoms with van der Waals surface area (Å²) in [5.41, 5.74) is 10.7. The van der Waals surface area contributed by atoms with Crippen LogP contribution in [-0.4, -0.2) is 20.2 Å². The predicted octanol–water partition coefficient (Wildman–Crippen LogP) is 4.50. The minimum atomic E-state index is 0.866. The van der Waals surface area contributed by atoms with Crippen molar-refractivity contribution in [2.75, 3.05) is 0 Å². The van der Waals surface area contributed by atoms with E-state index in [1.807, 2.05) is 0 Å². The third-order valence-corrected chi connectivity index (χ3v) is 5.22. The zero-order valence-corrected chi connectivity index (χ0v) is 15.9. The van der Waals surface area contributed by atoms with Gasteiger partial charge in [-0.15, -0.1) is 0 Å². The highest BCUT2D eigenvalue weighted by Crippen LogP contribution is 2.21. The Bertz CT molecular complexity index is 752. The summed E-state index contributed by atoms with van der Waals surface area (Å²) in [4.78, 5) is 6.91. The minimum absolute atomic E-state index is 0.866. The van der Waals surface area contributed by atoms with Crippen LogP contribution in [0, 0.1) is 0 Å². The lowest BCUT2D eigenvalue weighted by Crippen LogP contribution is -1.95. The lowest BCUT2D eigenvalue weighted by molar-refractivity contribution is 0.921. The van der Waals surface area contributed by atoms with Gasteiger partial charge in [0.05, 0.1) is 5.69 Å². The van der Waals surface area contributed by atoms with Gasteiger partial charge in [0.2, 0.25) is 0 Å². The minimum Gasteiger partial charge on any atom is -0.364 e. The molecule has 3 aromatic rings. The van der Waals surface area contributed by atoms with Crippen molar-refractivity contribution in [1.82, 2.24) is 20.2 Å². The molecular formula is C21H30N4. The second-order valence-electron chi connectivity index (χ2n) is 6.69. The van der Waals surface area contributed by atoms with Crippen LogP contribution in [-0.2, 0) is 38.5 Å². The van der Waals surface area contributed by atoms with E-state index in [9.17, 15) is 0 Å². The molecule has 4 heteroatoms. The van der Waals surface area contributed by atoms with Gasteiger partial charge in [-0.05, 0) is 54.0 Å². The fourth-order valence-corrected chi connectivity index (χ4v) is 3.87. The topological polar surface area (TPSA) is 60.3 Å². The van der Waals surface area contributed by atoms with Crippen LogP contribution >= 0.6 is 0 Å². The van der Waals surface area contributed by atoms with E-state index in [2.05, 4.69) is 66.3 Å². The lowest BCUT2D eigenvalue weighted by atomic mass is 10.0. The van der Waals surface area contributed by atoms with E-state index in [-0.39, 0.29) is 0 Å². The first kappa shape index (κ1) is 17.6. The Labute approximate surface area is 150 Å². The maximum absolute atomic E-state index is 4.54. The molecule has 3 rings (SSSR count). The fraction of sp³-hybridized carbons (Fsp3) is 0.476. The summed E-state index contributed by atoms with van der Waals surface area (Å²) in [5.74, 6) is 0. The summed E-state index contributed by atoms with van der Waals surface area (Å²) in [6, 6.07) is 2.21. The van der Waals surface area contributed by atoms with Crippen LogP contribution in [0.1, 0.15) is 72.7 Å². The van der Waals surface area contributed by atoms with Gasteiger partial charge in [-0.1, -0.05) is 27.7 Å². The van der Waals surface area contributed by atoms with E-state index in [1.54, 1.807) is 0 Å². The van der Waals surface area contributed by atoms with Crippen LogP contribution in [0.15, 0.2) is 18.5 Å². The number of aromatic nitrogens is 4. The highest BCUT2D eigenvalue weighted by molar-refractivity contribution is 5.36. The summed E-state index contributed by atoms with van der Waals surface area (Å²) >= 11 is 0. The first-order chi connectivity index (χ1) is 12.2. The molecule has 3 aromatic heterocycles. The van der Waals surface area contributed by atoms with Crippen LogP contribution in [0.4, 0.5) is 0 Å². The van der Waals surface area contributed by atoms with Gasteiger partial charge in [-0.25, -0.2) is 0 Å². The molecule has 0 amide bonds. The smallest absolute Gasteiger partial charge is 0.0683 e. The number of hydrogen-bond donors (Lipinski definition) is 3. The molecule has 0 aliphatic rings. The molecular weight excluding hydrogens is 308 g/mol. The van der Waals surface area contributed by atoms with Crippen molar-refractivity contribution in [2.24, 2.45) is 0 Å². The number of rotatable bonds is 8. The van der Waals surface area contributed by atoms with Crippen molar-refractivity contribution in [2.45, 2.75) is 66.2 Å². The number of hydrogen-bond acceptors (Lipinski definition) is 1. The maximum Gasteiger partial charge on any atom is 0.0683 e. The van der Waals surface area contributed by atoms with E-state index in [1.165, 1.54) is 39.3 Å². The van der Waals surface area contributed by atoms with Crippen LogP contribution in [0.3, 0.4) is 0 Å². The van der Waals surface area contributed by atoms with E-state index < -0.39 is 0 Å². The Morgan fingerprint density at radius 3 is 1.84 bits per heavy atom. The van der Waals surface area contributed by atoms with Gasteiger partial charge < -0.3 is 9.97 Å².